The monoisotopic (exact) mass is 1240 g/mol. The van der Waals surface area contributed by atoms with Crippen LogP contribution in [0.4, 0.5) is 0 Å². The average Bonchev–Trinajstić information content (AvgIpc) is 3.45. The maximum Gasteiger partial charge on any atom is 0.305 e. The molecule has 0 radical (unpaired) electrons. The fraction of sp³-hybridized carbons (Fsp3) is 0.844. The third kappa shape index (κ3) is 54.0. The van der Waals surface area contributed by atoms with Gasteiger partial charge in [0.15, 0.2) is 6.29 Å². The number of aliphatic hydroxyl groups excluding tert-OH is 5. The van der Waals surface area contributed by atoms with Gasteiger partial charge in [0, 0.05) is 12.8 Å². The minimum Gasteiger partial charge on any atom is -0.466 e. The number of unbranched alkanes of at least 4 members (excludes halogenated alkanes) is 44. The maximum atomic E-state index is 13.1. The van der Waals surface area contributed by atoms with Crippen molar-refractivity contribution in [2.45, 2.75) is 397 Å². The Bertz CT molecular complexity index is 1650. The van der Waals surface area contributed by atoms with Gasteiger partial charge in [-0.05, 0) is 103 Å². The van der Waals surface area contributed by atoms with E-state index in [0.717, 1.165) is 64.2 Å². The summed E-state index contributed by atoms with van der Waals surface area (Å²) < 4.78 is 16.7. The van der Waals surface area contributed by atoms with Crippen LogP contribution in [0.25, 0.3) is 0 Å². The lowest BCUT2D eigenvalue weighted by molar-refractivity contribution is -0.302. The summed E-state index contributed by atoms with van der Waals surface area (Å²) in [7, 11) is 0. The summed E-state index contributed by atoms with van der Waals surface area (Å²) in [5.74, 6) is -0.192. The van der Waals surface area contributed by atoms with Crippen LogP contribution in [-0.2, 0) is 23.8 Å². The van der Waals surface area contributed by atoms with E-state index in [1.54, 1.807) is 6.08 Å². The number of hydrogen-bond donors (Lipinski definition) is 6. The van der Waals surface area contributed by atoms with Crippen LogP contribution in [0.3, 0.4) is 0 Å². The topological polar surface area (TPSA) is 175 Å². The first-order valence-corrected chi connectivity index (χ1v) is 37.6. The van der Waals surface area contributed by atoms with E-state index in [1.165, 1.54) is 263 Å². The largest absolute Gasteiger partial charge is 0.466 e. The Labute approximate surface area is 541 Å². The van der Waals surface area contributed by atoms with Crippen LogP contribution in [0.1, 0.15) is 354 Å². The zero-order valence-corrected chi connectivity index (χ0v) is 57.2. The molecule has 11 nitrogen and oxygen atoms in total. The quantitative estimate of drug-likeness (QED) is 0.0195. The van der Waals surface area contributed by atoms with Crippen molar-refractivity contribution >= 4 is 11.9 Å². The van der Waals surface area contributed by atoms with Crippen molar-refractivity contribution in [2.24, 2.45) is 0 Å². The summed E-state index contributed by atoms with van der Waals surface area (Å²) in [5, 5.41) is 54.6. The summed E-state index contributed by atoms with van der Waals surface area (Å²) in [5.41, 5.74) is 0. The number of hydrogen-bond acceptors (Lipinski definition) is 10. The number of carbonyl (C=O) groups excluding carboxylic acids is 2. The molecule has 1 aliphatic rings. The Hall–Kier alpha value is -2.64. The molecule has 0 aromatic rings. The van der Waals surface area contributed by atoms with Gasteiger partial charge in [-0.1, -0.05) is 299 Å². The van der Waals surface area contributed by atoms with Crippen LogP contribution in [0.2, 0.25) is 0 Å². The Morgan fingerprint density at radius 3 is 1.22 bits per heavy atom. The van der Waals surface area contributed by atoms with Crippen LogP contribution in [0.15, 0.2) is 60.8 Å². The summed E-state index contributed by atoms with van der Waals surface area (Å²) >= 11 is 0. The van der Waals surface area contributed by atoms with Gasteiger partial charge in [-0.15, -0.1) is 0 Å². The lowest BCUT2D eigenvalue weighted by Gasteiger charge is -2.40. The van der Waals surface area contributed by atoms with Gasteiger partial charge >= 0.3 is 5.97 Å². The molecule has 1 aliphatic heterocycles. The van der Waals surface area contributed by atoms with Crippen LogP contribution in [0.5, 0.6) is 0 Å². The zero-order chi connectivity index (χ0) is 63.7. The Balaban J connectivity index is 1.98. The molecule has 0 aromatic carbocycles. The highest BCUT2D eigenvalue weighted by Crippen LogP contribution is 2.23. The normalized spacial score (nSPS) is 18.1. The van der Waals surface area contributed by atoms with E-state index >= 15 is 0 Å². The van der Waals surface area contributed by atoms with Gasteiger partial charge in [0.1, 0.15) is 24.4 Å². The average molecular weight is 1240 g/mol. The highest BCUT2D eigenvalue weighted by molar-refractivity contribution is 5.76. The van der Waals surface area contributed by atoms with Crippen molar-refractivity contribution in [3.05, 3.63) is 60.8 Å². The first-order valence-electron chi connectivity index (χ1n) is 37.6. The molecular formula is C77H141NO10. The van der Waals surface area contributed by atoms with E-state index in [-0.39, 0.29) is 18.5 Å². The summed E-state index contributed by atoms with van der Waals surface area (Å²) in [6.45, 7) is 4.33. The Morgan fingerprint density at radius 1 is 0.420 bits per heavy atom. The zero-order valence-electron chi connectivity index (χ0n) is 57.2. The van der Waals surface area contributed by atoms with Crippen molar-refractivity contribution in [3.8, 4) is 0 Å². The third-order valence-electron chi connectivity index (χ3n) is 17.6. The number of nitrogens with one attached hydrogen (secondary N) is 1. The molecule has 11 heteroatoms. The van der Waals surface area contributed by atoms with Crippen LogP contribution in [-0.4, -0.2) is 100 Å². The van der Waals surface area contributed by atoms with Crippen molar-refractivity contribution < 1.29 is 49.3 Å². The van der Waals surface area contributed by atoms with Gasteiger partial charge in [-0.25, -0.2) is 0 Å². The van der Waals surface area contributed by atoms with E-state index in [9.17, 15) is 35.1 Å². The summed E-state index contributed by atoms with van der Waals surface area (Å²) in [6, 6.07) is -0.828. The molecule has 0 saturated carbocycles. The van der Waals surface area contributed by atoms with Gasteiger partial charge in [0.2, 0.25) is 5.91 Å². The second-order valence-corrected chi connectivity index (χ2v) is 26.0. The summed E-state index contributed by atoms with van der Waals surface area (Å²) in [6.07, 6.45) is 77.9. The molecule has 1 rings (SSSR count). The minimum atomic E-state index is -1.58. The predicted octanol–water partition coefficient (Wildman–Crippen LogP) is 19.7. The molecule has 0 spiro atoms. The lowest BCUT2D eigenvalue weighted by atomic mass is 9.99. The van der Waals surface area contributed by atoms with Gasteiger partial charge < -0.3 is 45.1 Å². The number of carbonyl (C=O) groups is 2. The number of amides is 1. The Kier molecular flexibility index (Phi) is 62.4. The standard InChI is InChI=1S/C77H141NO10/c1-3-5-7-9-11-13-15-17-37-40-43-47-51-55-59-63-70(80)69(68-87-77-76(85)75(84)74(83)71(67-79)88-77)78-72(81)64-60-56-52-48-44-41-38-35-33-31-29-27-25-23-21-19-18-20-22-24-26-28-30-32-34-36-39-42-46-50-54-58-62-66-86-73(82)65-61-57-53-49-45-16-14-12-10-8-6-4-2/h12,14,22,24,28,30,43,47,59,63,69-71,74-77,79-80,83-85H,3-11,13,15-21,23,25-27,29,31-42,44-46,48-58,60-62,64-68H2,1-2H3,(H,78,81)/b14-12-,24-22-,30-28-,47-43+,63-59+. The second-order valence-electron chi connectivity index (χ2n) is 26.0. The van der Waals surface area contributed by atoms with E-state index in [4.69, 9.17) is 14.2 Å². The number of esters is 1. The molecule has 514 valence electrons. The molecule has 1 fully saturated rings. The van der Waals surface area contributed by atoms with Crippen molar-refractivity contribution in [1.82, 2.24) is 5.32 Å². The lowest BCUT2D eigenvalue weighted by Crippen LogP contribution is -2.60. The fourth-order valence-corrected chi connectivity index (χ4v) is 11.7. The van der Waals surface area contributed by atoms with Crippen LogP contribution in [0, 0.1) is 0 Å². The van der Waals surface area contributed by atoms with Crippen molar-refractivity contribution in [1.29, 1.82) is 0 Å². The Morgan fingerprint density at radius 2 is 0.773 bits per heavy atom. The number of rotatable bonds is 66. The highest BCUT2D eigenvalue weighted by Gasteiger charge is 2.44. The molecule has 6 N–H and O–H groups in total. The molecular weight excluding hydrogens is 1100 g/mol. The van der Waals surface area contributed by atoms with E-state index in [1.807, 2.05) is 6.08 Å². The molecule has 7 unspecified atom stereocenters. The number of allylic oxidation sites excluding steroid dienone is 9. The van der Waals surface area contributed by atoms with Gasteiger partial charge in [0.05, 0.1) is 32.0 Å². The van der Waals surface area contributed by atoms with Gasteiger partial charge in [-0.2, -0.15) is 0 Å². The van der Waals surface area contributed by atoms with Gasteiger partial charge in [0.25, 0.3) is 0 Å². The highest BCUT2D eigenvalue weighted by atomic mass is 16.7. The molecule has 88 heavy (non-hydrogen) atoms. The van der Waals surface area contributed by atoms with Crippen molar-refractivity contribution in [2.75, 3.05) is 19.8 Å². The van der Waals surface area contributed by atoms with E-state index in [2.05, 4.69) is 67.8 Å². The van der Waals surface area contributed by atoms with Crippen LogP contribution >= 0.6 is 0 Å². The molecule has 1 amide bonds. The first kappa shape index (κ1) is 83.4. The predicted molar refractivity (Wildman–Crippen MR) is 370 cm³/mol. The third-order valence-corrected chi connectivity index (χ3v) is 17.6. The summed E-state index contributed by atoms with van der Waals surface area (Å²) in [4.78, 5) is 25.1. The number of aliphatic hydroxyl groups is 5. The van der Waals surface area contributed by atoms with E-state index in [0.29, 0.717) is 19.4 Å². The minimum absolute atomic E-state index is 0.00351. The molecule has 0 aliphatic carbocycles. The van der Waals surface area contributed by atoms with Crippen LogP contribution < -0.4 is 5.32 Å². The molecule has 0 bridgehead atoms. The molecule has 1 heterocycles. The van der Waals surface area contributed by atoms with Gasteiger partial charge in [-0.3, -0.25) is 9.59 Å². The second kappa shape index (κ2) is 65.8. The fourth-order valence-electron chi connectivity index (χ4n) is 11.7. The maximum absolute atomic E-state index is 13.1. The number of ether oxygens (including phenoxy) is 3. The smallest absolute Gasteiger partial charge is 0.305 e. The SMILES string of the molecule is CCCCC/C=C\CCCCCCCC(=O)OCCCCCCCCCCC/C=C\C/C=C\CCCCCCCCCCCCCCCCCCCC(=O)NC(COC1OC(CO)C(O)C(O)C1O)C(O)/C=C/CC/C=C/CCCCCCCCCCC. The molecule has 7 atom stereocenters. The van der Waals surface area contributed by atoms with E-state index < -0.39 is 49.5 Å². The molecule has 1 saturated heterocycles. The van der Waals surface area contributed by atoms with Crippen molar-refractivity contribution in [3.63, 3.8) is 0 Å². The first-order chi connectivity index (χ1) is 43.2. The molecule has 0 aromatic heterocycles.